The van der Waals surface area contributed by atoms with Gasteiger partial charge in [0.25, 0.3) is 0 Å². The maximum absolute atomic E-state index is 4.00. The molecule has 0 radical (unpaired) electrons. The molecule has 15 heavy (non-hydrogen) atoms. The normalized spacial score (nSPS) is 15.5. The van der Waals surface area contributed by atoms with Crippen LogP contribution in [-0.2, 0) is 0 Å². The molecule has 1 aromatic carbocycles. The molecule has 1 heterocycles. The van der Waals surface area contributed by atoms with Gasteiger partial charge in [0.2, 0.25) is 0 Å². The highest BCUT2D eigenvalue weighted by atomic mass is 15.1. The summed E-state index contributed by atoms with van der Waals surface area (Å²) in [5.74, 6) is 0. The molecular weight excluding hydrogens is 182 g/mol. The number of allylic oxidation sites excluding steroid dienone is 3. The van der Waals surface area contributed by atoms with Crippen LogP contribution < -0.4 is 0 Å². The van der Waals surface area contributed by atoms with Crippen LogP contribution in [0.1, 0.15) is 11.1 Å². The Balaban J connectivity index is 2.48. The van der Waals surface area contributed by atoms with Crippen LogP contribution in [-0.4, -0.2) is 11.9 Å². The van der Waals surface area contributed by atoms with E-state index in [1.807, 2.05) is 19.2 Å². The average molecular weight is 197 g/mol. The van der Waals surface area contributed by atoms with Gasteiger partial charge in [0.1, 0.15) is 0 Å². The molecule has 2 rings (SSSR count). The van der Waals surface area contributed by atoms with Gasteiger partial charge in [-0.25, -0.2) is 0 Å². The van der Waals surface area contributed by atoms with Crippen LogP contribution in [0, 0.1) is 6.92 Å². The quantitative estimate of drug-likeness (QED) is 0.667. The molecular formula is C14H15N. The number of likely N-dealkylation sites (N-methyl/N-ethyl adjacent to an activating group) is 1. The largest absolute Gasteiger partial charge is 0.345 e. The van der Waals surface area contributed by atoms with Crippen LogP contribution in [0.4, 0.5) is 0 Å². The molecule has 1 aliphatic heterocycles. The first kappa shape index (κ1) is 9.78. The average Bonchev–Trinajstić information content (AvgIpc) is 2.23. The zero-order valence-corrected chi connectivity index (χ0v) is 9.20. The zero-order chi connectivity index (χ0) is 10.8. The van der Waals surface area contributed by atoms with E-state index in [2.05, 4.69) is 48.7 Å². The van der Waals surface area contributed by atoms with Crippen molar-refractivity contribution in [3.8, 4) is 0 Å². The van der Waals surface area contributed by atoms with E-state index in [0.717, 1.165) is 5.70 Å². The van der Waals surface area contributed by atoms with Crippen molar-refractivity contribution in [1.29, 1.82) is 0 Å². The lowest BCUT2D eigenvalue weighted by molar-refractivity contribution is 0.614. The maximum Gasteiger partial charge on any atom is 0.0484 e. The van der Waals surface area contributed by atoms with Crippen LogP contribution in [0.25, 0.3) is 5.70 Å². The minimum Gasteiger partial charge on any atom is -0.345 e. The van der Waals surface area contributed by atoms with Gasteiger partial charge in [-0.2, -0.15) is 0 Å². The molecule has 76 valence electrons. The number of hydrogen-bond acceptors (Lipinski definition) is 1. The highest BCUT2D eigenvalue weighted by molar-refractivity contribution is 5.71. The van der Waals surface area contributed by atoms with Crippen LogP contribution in [0.15, 0.2) is 54.8 Å². The Kier molecular flexibility index (Phi) is 2.46. The molecule has 0 atom stereocenters. The van der Waals surface area contributed by atoms with Gasteiger partial charge < -0.3 is 4.90 Å². The Morgan fingerprint density at radius 3 is 2.67 bits per heavy atom. The topological polar surface area (TPSA) is 3.24 Å². The second kappa shape index (κ2) is 3.77. The predicted molar refractivity (Wildman–Crippen MR) is 65.2 cm³/mol. The number of aryl methyl sites for hydroxylation is 1. The van der Waals surface area contributed by atoms with Crippen molar-refractivity contribution < 1.29 is 0 Å². The predicted octanol–water partition coefficient (Wildman–Crippen LogP) is 3.35. The second-order valence-electron chi connectivity index (χ2n) is 3.78. The van der Waals surface area contributed by atoms with Crippen molar-refractivity contribution in [3.63, 3.8) is 0 Å². The van der Waals surface area contributed by atoms with Crippen LogP contribution >= 0.6 is 0 Å². The molecule has 1 aromatic rings. The molecule has 1 heteroatoms. The number of benzene rings is 1. The summed E-state index contributed by atoms with van der Waals surface area (Å²) in [5.41, 5.74) is 4.79. The Morgan fingerprint density at radius 1 is 1.20 bits per heavy atom. The zero-order valence-electron chi connectivity index (χ0n) is 9.20. The van der Waals surface area contributed by atoms with Gasteiger partial charge in [-0.15, -0.1) is 0 Å². The summed E-state index contributed by atoms with van der Waals surface area (Å²) in [6, 6.07) is 8.40. The van der Waals surface area contributed by atoms with Crippen molar-refractivity contribution in [2.45, 2.75) is 6.92 Å². The minimum atomic E-state index is 1.02. The Hall–Kier alpha value is -1.76. The molecule has 0 amide bonds. The Labute approximate surface area is 91.0 Å². The van der Waals surface area contributed by atoms with Crippen molar-refractivity contribution in [2.75, 3.05) is 7.05 Å². The number of hydrogen-bond donors (Lipinski definition) is 0. The fourth-order valence-corrected chi connectivity index (χ4v) is 1.76. The van der Waals surface area contributed by atoms with Crippen molar-refractivity contribution >= 4 is 5.70 Å². The Bertz CT molecular complexity index is 452. The molecule has 1 nitrogen and oxygen atoms in total. The number of nitrogens with zero attached hydrogens (tertiary/aromatic N) is 1. The van der Waals surface area contributed by atoms with Gasteiger partial charge in [-0.05, 0) is 24.6 Å². The van der Waals surface area contributed by atoms with Crippen molar-refractivity contribution in [2.24, 2.45) is 0 Å². The van der Waals surface area contributed by atoms with Gasteiger partial charge in [0, 0.05) is 24.0 Å². The van der Waals surface area contributed by atoms with E-state index in [4.69, 9.17) is 0 Å². The summed E-state index contributed by atoms with van der Waals surface area (Å²) in [6.07, 6.45) is 6.18. The van der Waals surface area contributed by atoms with Gasteiger partial charge in [0.05, 0.1) is 0 Å². The highest BCUT2D eigenvalue weighted by Gasteiger charge is 2.12. The van der Waals surface area contributed by atoms with Crippen LogP contribution in [0.5, 0.6) is 0 Å². The minimum absolute atomic E-state index is 1.02. The summed E-state index contributed by atoms with van der Waals surface area (Å²) in [4.78, 5) is 2.11. The molecule has 0 saturated heterocycles. The van der Waals surface area contributed by atoms with Gasteiger partial charge in [-0.1, -0.05) is 36.9 Å². The van der Waals surface area contributed by atoms with E-state index in [1.165, 1.54) is 16.8 Å². The fraction of sp³-hybridized carbons (Fsp3) is 0.143. The molecule has 1 aliphatic rings. The standard InChI is InChI=1S/C14H15N/c1-11-7-4-5-9-13(11)14-10-6-8-12(2)15(14)3/h4-10H,2H2,1,3H3. The van der Waals surface area contributed by atoms with Crippen LogP contribution in [0.3, 0.4) is 0 Å². The fourth-order valence-electron chi connectivity index (χ4n) is 1.76. The molecule has 0 aromatic heterocycles. The molecule has 0 bridgehead atoms. The Morgan fingerprint density at radius 2 is 1.93 bits per heavy atom. The van der Waals surface area contributed by atoms with E-state index in [1.54, 1.807) is 0 Å². The third-order valence-corrected chi connectivity index (χ3v) is 2.76. The van der Waals surface area contributed by atoms with Gasteiger partial charge in [-0.3, -0.25) is 0 Å². The molecule has 0 spiro atoms. The molecule has 0 N–H and O–H groups in total. The summed E-state index contributed by atoms with van der Waals surface area (Å²) >= 11 is 0. The molecule has 0 unspecified atom stereocenters. The molecule has 0 aliphatic carbocycles. The van der Waals surface area contributed by atoms with E-state index < -0.39 is 0 Å². The monoisotopic (exact) mass is 197 g/mol. The SMILES string of the molecule is C=C1C=CC=C(c2ccccc2C)N1C. The van der Waals surface area contributed by atoms with Crippen LogP contribution in [0.2, 0.25) is 0 Å². The van der Waals surface area contributed by atoms with Gasteiger partial charge in [0.15, 0.2) is 0 Å². The van der Waals surface area contributed by atoms with Gasteiger partial charge >= 0.3 is 0 Å². The van der Waals surface area contributed by atoms with Crippen molar-refractivity contribution in [1.82, 2.24) is 4.90 Å². The van der Waals surface area contributed by atoms with E-state index in [9.17, 15) is 0 Å². The van der Waals surface area contributed by atoms with E-state index >= 15 is 0 Å². The third kappa shape index (κ3) is 1.73. The summed E-state index contributed by atoms with van der Waals surface area (Å²) in [5, 5.41) is 0. The summed E-state index contributed by atoms with van der Waals surface area (Å²) in [6.45, 7) is 6.13. The molecule has 0 fully saturated rings. The van der Waals surface area contributed by atoms with E-state index in [-0.39, 0.29) is 0 Å². The number of rotatable bonds is 1. The second-order valence-corrected chi connectivity index (χ2v) is 3.78. The summed E-state index contributed by atoms with van der Waals surface area (Å²) < 4.78 is 0. The first-order chi connectivity index (χ1) is 7.20. The lowest BCUT2D eigenvalue weighted by Crippen LogP contribution is -2.16. The summed E-state index contributed by atoms with van der Waals surface area (Å²) in [7, 11) is 2.05. The maximum atomic E-state index is 4.00. The highest BCUT2D eigenvalue weighted by Crippen LogP contribution is 2.26. The lowest BCUT2D eigenvalue weighted by Gasteiger charge is -2.26. The van der Waals surface area contributed by atoms with E-state index in [0.29, 0.717) is 0 Å². The lowest BCUT2D eigenvalue weighted by atomic mass is 10.0. The van der Waals surface area contributed by atoms with Crippen molar-refractivity contribution in [3.05, 3.63) is 65.9 Å². The molecule has 0 saturated carbocycles. The first-order valence-corrected chi connectivity index (χ1v) is 5.07. The first-order valence-electron chi connectivity index (χ1n) is 5.07. The third-order valence-electron chi connectivity index (χ3n) is 2.76. The smallest absolute Gasteiger partial charge is 0.0484 e.